The highest BCUT2D eigenvalue weighted by Crippen LogP contribution is 2.49. The number of ether oxygens (including phenoxy) is 4. The SMILES string of the molecule is c1cc(P(CP(c2ccc(C3CCOCC3)cc2)c2ccc(C3CCOCC3)cc2)c2ccc(C3CCOCC3)cc2)ccc1C1CCOCC1. The van der Waals surface area contributed by atoms with E-state index in [-0.39, 0.29) is 0 Å². The van der Waals surface area contributed by atoms with Gasteiger partial charge in [-0.2, -0.15) is 0 Å². The summed E-state index contributed by atoms with van der Waals surface area (Å²) < 4.78 is 22.8. The predicted molar refractivity (Wildman–Crippen MR) is 214 cm³/mol. The van der Waals surface area contributed by atoms with Gasteiger partial charge in [-0.3, -0.25) is 0 Å². The second kappa shape index (κ2) is 17.6. The molecule has 4 aliphatic heterocycles. The average Bonchev–Trinajstić information content (AvgIpc) is 3.23. The summed E-state index contributed by atoms with van der Waals surface area (Å²) in [6.07, 6.45) is 9.01. The summed E-state index contributed by atoms with van der Waals surface area (Å²) in [6.45, 7) is 7.03. The maximum Gasteiger partial charge on any atom is 0.0471 e. The van der Waals surface area contributed by atoms with E-state index in [1.54, 1.807) is 0 Å². The van der Waals surface area contributed by atoms with Gasteiger partial charge >= 0.3 is 0 Å². The van der Waals surface area contributed by atoms with Gasteiger partial charge in [0.25, 0.3) is 0 Å². The van der Waals surface area contributed by atoms with Gasteiger partial charge in [0.2, 0.25) is 0 Å². The largest absolute Gasteiger partial charge is 0.381 e. The zero-order valence-corrected chi connectivity index (χ0v) is 31.9. The Balaban J connectivity index is 1.13. The van der Waals surface area contributed by atoms with Crippen molar-refractivity contribution < 1.29 is 18.9 Å². The third-order valence-corrected chi connectivity index (χ3v) is 17.8. The molecule has 6 heteroatoms. The normalized spacial score (nSPS) is 20.3. The summed E-state index contributed by atoms with van der Waals surface area (Å²) in [6, 6.07) is 39.3. The molecule has 8 rings (SSSR count). The molecule has 0 aliphatic carbocycles. The number of hydrogen-bond acceptors (Lipinski definition) is 4. The lowest BCUT2D eigenvalue weighted by Crippen LogP contribution is -2.21. The van der Waals surface area contributed by atoms with Crippen molar-refractivity contribution in [3.8, 4) is 0 Å². The summed E-state index contributed by atoms with van der Waals surface area (Å²) in [5.41, 5.74) is 5.89. The third kappa shape index (κ3) is 8.87. The van der Waals surface area contributed by atoms with E-state index in [9.17, 15) is 0 Å². The summed E-state index contributed by atoms with van der Waals surface area (Å²) in [5, 5.41) is 5.96. The summed E-state index contributed by atoms with van der Waals surface area (Å²) in [4.78, 5) is 0. The Hall–Kier alpha value is -2.42. The topological polar surface area (TPSA) is 36.9 Å². The molecule has 51 heavy (non-hydrogen) atoms. The minimum atomic E-state index is -0.590. The van der Waals surface area contributed by atoms with E-state index in [2.05, 4.69) is 97.1 Å². The Labute approximate surface area is 308 Å². The van der Waals surface area contributed by atoms with Gasteiger partial charge in [-0.1, -0.05) is 97.1 Å². The molecule has 0 saturated carbocycles. The highest BCUT2D eigenvalue weighted by atomic mass is 31.2. The van der Waals surface area contributed by atoms with Gasteiger partial charge in [-0.05, 0) is 134 Å². The fraction of sp³-hybridized carbons (Fsp3) is 0.467. The van der Waals surface area contributed by atoms with E-state index in [0.29, 0.717) is 23.7 Å². The van der Waals surface area contributed by atoms with Crippen molar-refractivity contribution in [2.75, 3.05) is 58.8 Å². The van der Waals surface area contributed by atoms with E-state index < -0.39 is 15.8 Å². The molecule has 0 N–H and O–H groups in total. The van der Waals surface area contributed by atoms with E-state index in [1.807, 2.05) is 0 Å². The molecule has 0 unspecified atom stereocenters. The first-order chi connectivity index (χ1) is 25.3. The fourth-order valence-electron chi connectivity index (χ4n) is 8.60. The molecule has 0 radical (unpaired) electrons. The quantitative estimate of drug-likeness (QED) is 0.154. The van der Waals surface area contributed by atoms with Crippen LogP contribution in [0, 0.1) is 0 Å². The Morgan fingerprint density at radius 2 is 0.510 bits per heavy atom. The highest BCUT2D eigenvalue weighted by Gasteiger charge is 2.26. The zero-order chi connectivity index (χ0) is 34.2. The molecule has 4 saturated heterocycles. The van der Waals surface area contributed by atoms with Crippen molar-refractivity contribution in [3.05, 3.63) is 119 Å². The van der Waals surface area contributed by atoms with Crippen molar-refractivity contribution in [1.82, 2.24) is 0 Å². The molecular weight excluding hydrogens is 666 g/mol. The Morgan fingerprint density at radius 3 is 0.706 bits per heavy atom. The zero-order valence-electron chi connectivity index (χ0n) is 30.1. The highest BCUT2D eigenvalue weighted by molar-refractivity contribution is 7.88. The number of hydrogen-bond donors (Lipinski definition) is 0. The summed E-state index contributed by atoms with van der Waals surface area (Å²) in [7, 11) is -1.18. The van der Waals surface area contributed by atoms with Gasteiger partial charge in [-0.25, -0.2) is 0 Å². The van der Waals surface area contributed by atoms with Gasteiger partial charge in [0.1, 0.15) is 0 Å². The smallest absolute Gasteiger partial charge is 0.0471 e. The maximum atomic E-state index is 5.69. The van der Waals surface area contributed by atoms with Crippen molar-refractivity contribution in [2.24, 2.45) is 0 Å². The first-order valence-electron chi connectivity index (χ1n) is 19.5. The van der Waals surface area contributed by atoms with Crippen LogP contribution in [0.25, 0.3) is 0 Å². The maximum absolute atomic E-state index is 5.69. The van der Waals surface area contributed by atoms with Gasteiger partial charge in [0.05, 0.1) is 0 Å². The number of rotatable bonds is 10. The Morgan fingerprint density at radius 1 is 0.314 bits per heavy atom. The van der Waals surface area contributed by atoms with Gasteiger partial charge < -0.3 is 18.9 Å². The second-order valence-corrected chi connectivity index (χ2v) is 19.8. The van der Waals surface area contributed by atoms with Crippen LogP contribution in [0.3, 0.4) is 0 Å². The molecular formula is C45H54O4P2. The lowest BCUT2D eigenvalue weighted by Gasteiger charge is -2.29. The van der Waals surface area contributed by atoms with Crippen LogP contribution in [0.5, 0.6) is 0 Å². The minimum absolute atomic E-state index is 0.590. The van der Waals surface area contributed by atoms with Crippen molar-refractivity contribution >= 4 is 37.1 Å². The monoisotopic (exact) mass is 720 g/mol. The Kier molecular flexibility index (Phi) is 12.3. The first-order valence-corrected chi connectivity index (χ1v) is 22.6. The van der Waals surface area contributed by atoms with Crippen LogP contribution in [0.4, 0.5) is 0 Å². The standard InChI is InChI=1S/C45H54O4P2/c1-9-42(10-2-34(1)38-17-25-46-26-18-38)50(43-11-3-35(4-12-43)39-19-27-47-28-20-39)33-51(44-13-5-36(6-14-44)40-21-29-48-30-22-40)45-15-7-37(8-16-45)41-23-31-49-32-24-41/h1-16,38-41H,17-33H2. The molecule has 268 valence electrons. The van der Waals surface area contributed by atoms with Crippen LogP contribution < -0.4 is 21.2 Å². The third-order valence-electron chi connectivity index (χ3n) is 11.9. The second-order valence-electron chi connectivity index (χ2n) is 14.9. The van der Waals surface area contributed by atoms with Crippen LogP contribution in [0.15, 0.2) is 97.1 Å². The van der Waals surface area contributed by atoms with E-state index in [1.165, 1.54) is 43.5 Å². The molecule has 4 aromatic rings. The molecule has 4 heterocycles. The van der Waals surface area contributed by atoms with Crippen LogP contribution in [-0.2, 0) is 18.9 Å². The van der Waals surface area contributed by atoms with Crippen molar-refractivity contribution in [2.45, 2.75) is 75.0 Å². The molecule has 0 amide bonds. The molecule has 4 nitrogen and oxygen atoms in total. The van der Waals surface area contributed by atoms with Crippen molar-refractivity contribution in [3.63, 3.8) is 0 Å². The molecule has 4 aromatic carbocycles. The fourth-order valence-corrected chi connectivity index (χ4v) is 15.0. The molecule has 0 bridgehead atoms. The van der Waals surface area contributed by atoms with E-state index in [0.717, 1.165) is 110 Å². The van der Waals surface area contributed by atoms with Crippen LogP contribution in [-0.4, -0.2) is 58.8 Å². The molecule has 4 fully saturated rings. The lowest BCUT2D eigenvalue weighted by molar-refractivity contribution is 0.0852. The summed E-state index contributed by atoms with van der Waals surface area (Å²) >= 11 is 0. The molecule has 0 spiro atoms. The van der Waals surface area contributed by atoms with Crippen LogP contribution >= 0.6 is 15.8 Å². The lowest BCUT2D eigenvalue weighted by atomic mass is 9.92. The van der Waals surface area contributed by atoms with Crippen LogP contribution in [0.2, 0.25) is 0 Å². The predicted octanol–water partition coefficient (Wildman–Crippen LogP) is 8.79. The van der Waals surface area contributed by atoms with Crippen molar-refractivity contribution in [1.29, 1.82) is 0 Å². The molecule has 0 aromatic heterocycles. The van der Waals surface area contributed by atoms with Gasteiger partial charge in [0, 0.05) is 58.8 Å². The van der Waals surface area contributed by atoms with Gasteiger partial charge in [0.15, 0.2) is 0 Å². The van der Waals surface area contributed by atoms with Gasteiger partial charge in [-0.15, -0.1) is 0 Å². The molecule has 4 aliphatic rings. The summed E-state index contributed by atoms with van der Waals surface area (Å²) in [5.74, 6) is 3.58. The van der Waals surface area contributed by atoms with E-state index >= 15 is 0 Å². The molecule has 0 atom stereocenters. The first kappa shape index (κ1) is 35.6. The minimum Gasteiger partial charge on any atom is -0.381 e. The average molecular weight is 721 g/mol. The van der Waals surface area contributed by atoms with Crippen LogP contribution in [0.1, 0.15) is 97.3 Å². The van der Waals surface area contributed by atoms with E-state index in [4.69, 9.17) is 18.9 Å². The number of benzene rings is 4. The Bertz CT molecular complexity index is 1380.